The Morgan fingerprint density at radius 3 is 2.63 bits per heavy atom. The van der Waals surface area contributed by atoms with Crippen LogP contribution in [0.15, 0.2) is 47.4 Å². The van der Waals surface area contributed by atoms with Crippen molar-refractivity contribution in [1.82, 2.24) is 9.62 Å². The van der Waals surface area contributed by atoms with Crippen LogP contribution in [0.4, 0.5) is 0 Å². The average Bonchev–Trinajstić information content (AvgIpc) is 2.78. The zero-order valence-electron chi connectivity index (χ0n) is 16.0. The highest BCUT2D eigenvalue weighted by atomic mass is 35.5. The van der Waals surface area contributed by atoms with Gasteiger partial charge in [-0.05, 0) is 30.3 Å². The van der Waals surface area contributed by atoms with E-state index in [0.717, 1.165) is 0 Å². The number of rotatable bonds is 5. The number of ether oxygens (including phenoxy) is 3. The molecule has 2 aromatic rings. The van der Waals surface area contributed by atoms with E-state index in [1.807, 2.05) is 18.2 Å². The molecular formula is C20H21ClN2O6S. The Balaban J connectivity index is 1.44. The highest BCUT2D eigenvalue weighted by Crippen LogP contribution is 2.31. The summed E-state index contributed by atoms with van der Waals surface area (Å²) >= 11 is 6.15. The second kappa shape index (κ2) is 8.81. The fourth-order valence-electron chi connectivity index (χ4n) is 3.24. The van der Waals surface area contributed by atoms with Gasteiger partial charge in [-0.25, -0.2) is 8.42 Å². The highest BCUT2D eigenvalue weighted by molar-refractivity contribution is 7.89. The largest absolute Gasteiger partial charge is 0.486 e. The summed E-state index contributed by atoms with van der Waals surface area (Å²) in [5.41, 5.74) is 0.198. The van der Waals surface area contributed by atoms with Crippen molar-refractivity contribution in [3.63, 3.8) is 0 Å². The Kier molecular flexibility index (Phi) is 6.14. The number of fused-ring (bicyclic) bond motifs is 1. The molecule has 2 aliphatic rings. The molecule has 160 valence electrons. The van der Waals surface area contributed by atoms with Gasteiger partial charge in [0.05, 0.1) is 24.8 Å². The van der Waals surface area contributed by atoms with Crippen molar-refractivity contribution in [3.8, 4) is 11.5 Å². The van der Waals surface area contributed by atoms with Gasteiger partial charge in [0.15, 0.2) is 11.5 Å². The molecule has 2 heterocycles. The Hall–Kier alpha value is -2.33. The summed E-state index contributed by atoms with van der Waals surface area (Å²) in [5, 5.41) is 2.83. The van der Waals surface area contributed by atoms with E-state index >= 15 is 0 Å². The first-order valence-corrected chi connectivity index (χ1v) is 11.3. The molecule has 1 N–H and O–H groups in total. The summed E-state index contributed by atoms with van der Waals surface area (Å²) in [6.45, 7) is 1.65. The Labute approximate surface area is 179 Å². The lowest BCUT2D eigenvalue weighted by molar-refractivity contribution is 0.0730. The van der Waals surface area contributed by atoms with Crippen LogP contribution in [-0.2, 0) is 14.8 Å². The van der Waals surface area contributed by atoms with E-state index in [1.54, 1.807) is 6.07 Å². The van der Waals surface area contributed by atoms with Crippen LogP contribution in [-0.4, -0.2) is 64.2 Å². The summed E-state index contributed by atoms with van der Waals surface area (Å²) in [4.78, 5) is 12.5. The molecule has 0 aliphatic carbocycles. The number of hydrogen-bond donors (Lipinski definition) is 1. The van der Waals surface area contributed by atoms with Crippen LogP contribution in [0, 0.1) is 0 Å². The second-order valence-electron chi connectivity index (χ2n) is 6.87. The van der Waals surface area contributed by atoms with Gasteiger partial charge in [-0.1, -0.05) is 23.7 Å². The Morgan fingerprint density at radius 1 is 1.13 bits per heavy atom. The van der Waals surface area contributed by atoms with Crippen molar-refractivity contribution in [2.75, 3.05) is 39.5 Å². The van der Waals surface area contributed by atoms with Gasteiger partial charge in [0, 0.05) is 18.7 Å². The Bertz CT molecular complexity index is 1040. The number of morpholine rings is 1. The molecule has 2 aromatic carbocycles. The maximum absolute atomic E-state index is 12.9. The normalized spacial score (nSPS) is 19.3. The first-order chi connectivity index (χ1) is 14.4. The van der Waals surface area contributed by atoms with Crippen molar-refractivity contribution in [2.24, 2.45) is 0 Å². The van der Waals surface area contributed by atoms with Crippen LogP contribution < -0.4 is 14.8 Å². The fourth-order valence-corrected chi connectivity index (χ4v) is 5.15. The predicted octanol–water partition coefficient (Wildman–Crippen LogP) is 1.93. The maximum atomic E-state index is 12.9. The molecule has 1 fully saturated rings. The molecule has 1 amide bonds. The highest BCUT2D eigenvalue weighted by Gasteiger charge is 2.29. The zero-order valence-corrected chi connectivity index (χ0v) is 17.6. The van der Waals surface area contributed by atoms with Crippen molar-refractivity contribution in [2.45, 2.75) is 11.0 Å². The molecule has 0 spiro atoms. The van der Waals surface area contributed by atoms with E-state index in [4.69, 9.17) is 25.8 Å². The van der Waals surface area contributed by atoms with Crippen LogP contribution >= 0.6 is 11.6 Å². The third-order valence-electron chi connectivity index (χ3n) is 4.84. The molecule has 4 rings (SSSR count). The van der Waals surface area contributed by atoms with Crippen LogP contribution in [0.1, 0.15) is 10.4 Å². The average molecular weight is 453 g/mol. The van der Waals surface area contributed by atoms with Gasteiger partial charge < -0.3 is 19.5 Å². The number of sulfonamides is 1. The van der Waals surface area contributed by atoms with E-state index in [1.165, 1.54) is 22.5 Å². The van der Waals surface area contributed by atoms with Crippen LogP contribution in [0.2, 0.25) is 5.02 Å². The number of benzene rings is 2. The number of para-hydroxylation sites is 2. The monoisotopic (exact) mass is 452 g/mol. The maximum Gasteiger partial charge on any atom is 0.251 e. The smallest absolute Gasteiger partial charge is 0.251 e. The lowest BCUT2D eigenvalue weighted by atomic mass is 10.2. The molecule has 1 atom stereocenters. The van der Waals surface area contributed by atoms with Gasteiger partial charge in [-0.2, -0.15) is 4.31 Å². The fraction of sp³-hybridized carbons (Fsp3) is 0.350. The molecule has 0 saturated carbocycles. The summed E-state index contributed by atoms with van der Waals surface area (Å²) in [7, 11) is -3.82. The van der Waals surface area contributed by atoms with E-state index in [2.05, 4.69) is 5.32 Å². The number of nitrogens with one attached hydrogen (secondary N) is 1. The standard InChI is InChI=1S/C20H21ClN2O6S/c21-16-6-5-14(11-19(16)30(25,26)23-7-9-27-10-8-23)20(24)22-12-15-13-28-17-3-1-2-4-18(17)29-15/h1-6,11,15H,7-10,12-13H2,(H,22,24)/t15-/m0/s1. The quantitative estimate of drug-likeness (QED) is 0.745. The summed E-state index contributed by atoms with van der Waals surface area (Å²) in [5.74, 6) is 0.858. The SMILES string of the molecule is O=C(NC[C@H]1COc2ccccc2O1)c1ccc(Cl)c(S(=O)(=O)N2CCOCC2)c1. The minimum atomic E-state index is -3.82. The van der Waals surface area contributed by atoms with Gasteiger partial charge in [0.2, 0.25) is 10.0 Å². The van der Waals surface area contributed by atoms with Gasteiger partial charge in [-0.15, -0.1) is 0 Å². The molecule has 10 heteroatoms. The number of carbonyl (C=O) groups excluding carboxylic acids is 1. The molecule has 0 unspecified atom stereocenters. The first kappa shape index (κ1) is 20.9. The zero-order chi connectivity index (χ0) is 21.1. The minimum Gasteiger partial charge on any atom is -0.486 e. The molecule has 0 aromatic heterocycles. The molecule has 0 bridgehead atoms. The number of hydrogen-bond acceptors (Lipinski definition) is 6. The summed E-state index contributed by atoms with van der Waals surface area (Å²) < 4.78 is 43.8. The third kappa shape index (κ3) is 4.39. The van der Waals surface area contributed by atoms with Gasteiger partial charge in [0.1, 0.15) is 17.6 Å². The predicted molar refractivity (Wildman–Crippen MR) is 110 cm³/mol. The van der Waals surface area contributed by atoms with E-state index in [9.17, 15) is 13.2 Å². The van der Waals surface area contributed by atoms with E-state index < -0.39 is 15.9 Å². The van der Waals surface area contributed by atoms with Gasteiger partial charge in [0.25, 0.3) is 5.91 Å². The van der Waals surface area contributed by atoms with Crippen molar-refractivity contribution in [1.29, 1.82) is 0 Å². The third-order valence-corrected chi connectivity index (χ3v) is 7.22. The van der Waals surface area contributed by atoms with Crippen LogP contribution in [0.5, 0.6) is 11.5 Å². The van der Waals surface area contributed by atoms with Crippen molar-refractivity contribution in [3.05, 3.63) is 53.1 Å². The number of halogens is 1. The Morgan fingerprint density at radius 2 is 1.87 bits per heavy atom. The van der Waals surface area contributed by atoms with Gasteiger partial charge >= 0.3 is 0 Å². The van der Waals surface area contributed by atoms with Crippen molar-refractivity contribution >= 4 is 27.5 Å². The molecule has 2 aliphatic heterocycles. The number of nitrogens with zero attached hydrogens (tertiary/aromatic N) is 1. The van der Waals surface area contributed by atoms with E-state index in [-0.39, 0.29) is 41.2 Å². The lowest BCUT2D eigenvalue weighted by Crippen LogP contribution is -2.41. The lowest BCUT2D eigenvalue weighted by Gasteiger charge is -2.27. The molecule has 30 heavy (non-hydrogen) atoms. The molecule has 8 nitrogen and oxygen atoms in total. The minimum absolute atomic E-state index is 0.0682. The molecule has 0 radical (unpaired) electrons. The summed E-state index contributed by atoms with van der Waals surface area (Å²) in [6.07, 6.45) is -0.354. The topological polar surface area (TPSA) is 94.2 Å². The van der Waals surface area contributed by atoms with Gasteiger partial charge in [-0.3, -0.25) is 4.79 Å². The molecular weight excluding hydrogens is 432 g/mol. The number of amides is 1. The summed E-state index contributed by atoms with van der Waals surface area (Å²) in [6, 6.07) is 11.5. The van der Waals surface area contributed by atoms with Crippen LogP contribution in [0.3, 0.4) is 0 Å². The molecule has 1 saturated heterocycles. The first-order valence-electron chi connectivity index (χ1n) is 9.49. The van der Waals surface area contributed by atoms with Crippen LogP contribution in [0.25, 0.3) is 0 Å². The van der Waals surface area contributed by atoms with Crippen molar-refractivity contribution < 1.29 is 27.4 Å². The van der Waals surface area contributed by atoms with E-state index in [0.29, 0.717) is 31.3 Å². The second-order valence-corrected chi connectivity index (χ2v) is 9.18. The number of carbonyl (C=O) groups is 1.